The lowest BCUT2D eigenvalue weighted by Gasteiger charge is -2.60. The van der Waals surface area contributed by atoms with Gasteiger partial charge in [-0.1, -0.05) is 32.9 Å². The molecule has 0 bridgehead atoms. The van der Waals surface area contributed by atoms with Crippen LogP contribution in [0.25, 0.3) is 0 Å². The van der Waals surface area contributed by atoms with Crippen molar-refractivity contribution < 1.29 is 40.9 Å². The molecule has 0 radical (unpaired) electrons. The number of rotatable bonds is 5. The van der Waals surface area contributed by atoms with Gasteiger partial charge in [0.15, 0.2) is 5.79 Å². The Kier molecular flexibility index (Phi) is 7.69. The van der Waals surface area contributed by atoms with Crippen molar-refractivity contribution in [2.24, 2.45) is 22.7 Å². The van der Waals surface area contributed by atoms with E-state index in [1.807, 2.05) is 6.92 Å². The smallest absolute Gasteiger partial charge is 0.358 e. The number of fused-ring (bicyclic) bond motifs is 1. The molecule has 1 aromatic carbocycles. The van der Waals surface area contributed by atoms with E-state index >= 15 is 0 Å². The molecule has 206 valence electrons. The monoisotopic (exact) mass is 548 g/mol. The highest BCUT2D eigenvalue weighted by molar-refractivity contribution is 7.79. The number of halogens is 5. The Morgan fingerprint density at radius 3 is 2.11 bits per heavy atom. The topological polar surface area (TPSA) is 36.9 Å². The summed E-state index contributed by atoms with van der Waals surface area (Å²) in [5.74, 6) is -12.3. The molecule has 1 aromatic rings. The van der Waals surface area contributed by atoms with Gasteiger partial charge in [-0.05, 0) is 56.3 Å². The minimum atomic E-state index is -2.27. The van der Waals surface area contributed by atoms with Gasteiger partial charge in [-0.2, -0.15) is 8.78 Å². The maximum absolute atomic E-state index is 14.1. The summed E-state index contributed by atoms with van der Waals surface area (Å²) in [7, 11) is 0. The summed E-state index contributed by atoms with van der Waals surface area (Å²) in [6.45, 7) is 13.9. The largest absolute Gasteiger partial charge is 0.453 e. The SMILES string of the molecule is C=C1CC[C@H]2C(C)(C)[C@@H](OC(=S)Oc3c(F)c(F)c(F)c(F)c3F)CC[C@]2(C)[C@H]1CCC1(C)OCCO1. The molecule has 1 heterocycles. The van der Waals surface area contributed by atoms with E-state index in [2.05, 4.69) is 27.4 Å². The van der Waals surface area contributed by atoms with Crippen molar-refractivity contribution in [1.82, 2.24) is 0 Å². The van der Waals surface area contributed by atoms with Crippen molar-refractivity contribution in [3.8, 4) is 5.75 Å². The fourth-order valence-electron chi connectivity index (χ4n) is 6.90. The van der Waals surface area contributed by atoms with Crippen molar-refractivity contribution in [2.75, 3.05) is 13.2 Å². The number of hydrogen-bond donors (Lipinski definition) is 0. The van der Waals surface area contributed by atoms with Gasteiger partial charge in [-0.3, -0.25) is 0 Å². The molecule has 0 unspecified atom stereocenters. The zero-order valence-electron chi connectivity index (χ0n) is 21.5. The van der Waals surface area contributed by atoms with Crippen LogP contribution in [0.1, 0.15) is 66.2 Å². The minimum Gasteiger partial charge on any atom is -0.453 e. The summed E-state index contributed by atoms with van der Waals surface area (Å²) in [4.78, 5) is 0. The molecule has 0 spiro atoms. The summed E-state index contributed by atoms with van der Waals surface area (Å²) >= 11 is 5.03. The van der Waals surface area contributed by atoms with Crippen LogP contribution < -0.4 is 4.74 Å². The average Bonchev–Trinajstić information content (AvgIpc) is 3.27. The van der Waals surface area contributed by atoms with E-state index in [4.69, 9.17) is 31.2 Å². The summed E-state index contributed by atoms with van der Waals surface area (Å²) in [6, 6.07) is 0. The van der Waals surface area contributed by atoms with E-state index in [0.29, 0.717) is 19.6 Å². The Bertz CT molecular complexity index is 1060. The molecule has 2 saturated carbocycles. The zero-order valence-corrected chi connectivity index (χ0v) is 22.3. The summed E-state index contributed by atoms with van der Waals surface area (Å²) in [5.41, 5.74) is 0.693. The molecule has 3 fully saturated rings. The lowest BCUT2D eigenvalue weighted by atomic mass is 9.46. The highest BCUT2D eigenvalue weighted by atomic mass is 32.1. The molecule has 4 rings (SSSR count). The van der Waals surface area contributed by atoms with Crippen LogP contribution in [0, 0.1) is 51.8 Å². The van der Waals surface area contributed by atoms with E-state index in [0.717, 1.165) is 32.1 Å². The van der Waals surface area contributed by atoms with Crippen LogP contribution in [0.4, 0.5) is 22.0 Å². The first-order valence-corrected chi connectivity index (χ1v) is 13.0. The maximum atomic E-state index is 14.1. The number of ether oxygens (including phenoxy) is 4. The predicted molar refractivity (Wildman–Crippen MR) is 130 cm³/mol. The average molecular weight is 549 g/mol. The van der Waals surface area contributed by atoms with E-state index < -0.39 is 57.4 Å². The lowest BCUT2D eigenvalue weighted by Crippen LogP contribution is -2.56. The van der Waals surface area contributed by atoms with Crippen LogP contribution >= 0.6 is 12.2 Å². The molecule has 1 saturated heterocycles. The van der Waals surface area contributed by atoms with E-state index in [1.165, 1.54) is 5.57 Å². The fourth-order valence-corrected chi connectivity index (χ4v) is 7.10. The van der Waals surface area contributed by atoms with Gasteiger partial charge in [0.2, 0.25) is 34.8 Å². The van der Waals surface area contributed by atoms with E-state index in [1.54, 1.807) is 0 Å². The molecule has 2 aliphatic carbocycles. The van der Waals surface area contributed by atoms with Crippen LogP contribution in [0.2, 0.25) is 0 Å². The second-order valence-electron chi connectivity index (χ2n) is 11.4. The second-order valence-corrected chi connectivity index (χ2v) is 11.7. The summed E-state index contributed by atoms with van der Waals surface area (Å²) in [6.07, 6.45) is 4.21. The van der Waals surface area contributed by atoms with Crippen LogP contribution in [0.5, 0.6) is 5.75 Å². The first-order valence-electron chi connectivity index (χ1n) is 12.6. The quantitative estimate of drug-likeness (QED) is 0.126. The number of thiocarbonyl (C=S) groups is 1. The first kappa shape index (κ1) is 28.2. The predicted octanol–water partition coefficient (Wildman–Crippen LogP) is 7.38. The molecule has 1 aliphatic heterocycles. The van der Waals surface area contributed by atoms with Crippen LogP contribution in [-0.4, -0.2) is 30.3 Å². The van der Waals surface area contributed by atoms with Crippen LogP contribution in [0.3, 0.4) is 0 Å². The van der Waals surface area contributed by atoms with Gasteiger partial charge in [-0.25, -0.2) is 13.2 Å². The standard InChI is InChI=1S/C27H33F5O4S/c1-14-6-7-16-25(2,3)17(9-10-26(16,4)15(14)8-11-27(5)33-12-13-34-27)35-24(37)36-23-21(31)19(29)18(28)20(30)22(23)32/h15-17H,1,6-13H2,2-5H3/t15-,16-,17-,26+/m0/s1. The first-order chi connectivity index (χ1) is 17.2. The molecule has 0 N–H and O–H groups in total. The van der Waals surface area contributed by atoms with Crippen molar-refractivity contribution >= 4 is 17.5 Å². The third kappa shape index (κ3) is 5.01. The summed E-state index contributed by atoms with van der Waals surface area (Å²) in [5, 5.41) is -0.690. The Hall–Kier alpha value is -1.78. The Labute approximate surface area is 219 Å². The van der Waals surface area contributed by atoms with Gasteiger partial charge < -0.3 is 18.9 Å². The minimum absolute atomic E-state index is 0.0857. The molecular formula is C27H33F5O4S. The van der Waals surface area contributed by atoms with Gasteiger partial charge in [0.25, 0.3) is 0 Å². The van der Waals surface area contributed by atoms with Gasteiger partial charge in [0.1, 0.15) is 6.10 Å². The normalized spacial score (nSPS) is 30.6. The summed E-state index contributed by atoms with van der Waals surface area (Å²) < 4.78 is 90.9. The van der Waals surface area contributed by atoms with Crippen molar-refractivity contribution in [3.05, 3.63) is 41.2 Å². The molecule has 4 nitrogen and oxygen atoms in total. The van der Waals surface area contributed by atoms with Gasteiger partial charge in [-0.15, -0.1) is 0 Å². The molecule has 37 heavy (non-hydrogen) atoms. The van der Waals surface area contributed by atoms with Gasteiger partial charge in [0, 0.05) is 24.1 Å². The molecule has 4 atom stereocenters. The molecule has 3 aliphatic rings. The third-order valence-corrected chi connectivity index (χ3v) is 9.07. The molecule has 10 heteroatoms. The molecule has 0 amide bonds. The van der Waals surface area contributed by atoms with Crippen LogP contribution in [0.15, 0.2) is 12.2 Å². The van der Waals surface area contributed by atoms with Gasteiger partial charge in [0.05, 0.1) is 13.2 Å². The Balaban J connectivity index is 1.49. The van der Waals surface area contributed by atoms with E-state index in [-0.39, 0.29) is 17.3 Å². The lowest BCUT2D eigenvalue weighted by molar-refractivity contribution is -0.158. The maximum Gasteiger partial charge on any atom is 0.358 e. The zero-order chi connectivity index (χ0) is 27.3. The number of allylic oxidation sites excluding steroid dienone is 1. The Morgan fingerprint density at radius 2 is 1.51 bits per heavy atom. The number of benzene rings is 1. The third-order valence-electron chi connectivity index (χ3n) is 8.89. The fraction of sp³-hybridized carbons (Fsp3) is 0.667. The second kappa shape index (κ2) is 10.1. The Morgan fingerprint density at radius 1 is 0.946 bits per heavy atom. The van der Waals surface area contributed by atoms with E-state index in [9.17, 15) is 22.0 Å². The van der Waals surface area contributed by atoms with Crippen molar-refractivity contribution in [3.63, 3.8) is 0 Å². The highest BCUT2D eigenvalue weighted by Gasteiger charge is 2.57. The van der Waals surface area contributed by atoms with Crippen molar-refractivity contribution in [1.29, 1.82) is 0 Å². The van der Waals surface area contributed by atoms with Crippen molar-refractivity contribution in [2.45, 2.75) is 78.1 Å². The molecular weight excluding hydrogens is 515 g/mol. The van der Waals surface area contributed by atoms with Crippen LogP contribution in [-0.2, 0) is 14.2 Å². The van der Waals surface area contributed by atoms with Gasteiger partial charge >= 0.3 is 5.24 Å². The number of hydrogen-bond acceptors (Lipinski definition) is 5. The molecule has 0 aromatic heterocycles. The highest BCUT2D eigenvalue weighted by Crippen LogP contribution is 2.62.